The molecule has 86 valence electrons. The minimum atomic E-state index is -0.106. The van der Waals surface area contributed by atoms with E-state index in [9.17, 15) is 4.79 Å². The SMILES string of the molecule is NC(=O)C1CCCCC1NC1CCCC1. The third-order valence-corrected chi connectivity index (χ3v) is 3.94. The van der Waals surface area contributed by atoms with Gasteiger partial charge in [0.05, 0.1) is 5.92 Å². The van der Waals surface area contributed by atoms with Gasteiger partial charge in [-0.25, -0.2) is 0 Å². The van der Waals surface area contributed by atoms with Crippen molar-refractivity contribution < 1.29 is 4.79 Å². The molecule has 0 radical (unpaired) electrons. The highest BCUT2D eigenvalue weighted by molar-refractivity contribution is 5.77. The van der Waals surface area contributed by atoms with Crippen LogP contribution in [0.4, 0.5) is 0 Å². The van der Waals surface area contributed by atoms with Gasteiger partial charge in [0.25, 0.3) is 0 Å². The van der Waals surface area contributed by atoms with E-state index < -0.39 is 0 Å². The van der Waals surface area contributed by atoms with Gasteiger partial charge in [0.15, 0.2) is 0 Å². The van der Waals surface area contributed by atoms with Crippen LogP contribution in [-0.4, -0.2) is 18.0 Å². The maximum atomic E-state index is 11.3. The van der Waals surface area contributed by atoms with Crippen molar-refractivity contribution in [3.8, 4) is 0 Å². The van der Waals surface area contributed by atoms with Crippen LogP contribution in [0.1, 0.15) is 51.4 Å². The Bertz CT molecular complexity index is 224. The zero-order valence-electron chi connectivity index (χ0n) is 9.37. The van der Waals surface area contributed by atoms with E-state index in [-0.39, 0.29) is 11.8 Å². The quantitative estimate of drug-likeness (QED) is 0.742. The fraction of sp³-hybridized carbons (Fsp3) is 0.917. The molecule has 0 aromatic heterocycles. The second-order valence-corrected chi connectivity index (χ2v) is 5.05. The van der Waals surface area contributed by atoms with Crippen LogP contribution in [0.3, 0.4) is 0 Å². The van der Waals surface area contributed by atoms with E-state index in [0.717, 1.165) is 19.3 Å². The fourth-order valence-electron chi connectivity index (χ4n) is 3.07. The molecule has 3 nitrogen and oxygen atoms in total. The summed E-state index contributed by atoms with van der Waals surface area (Å²) in [4.78, 5) is 11.3. The molecule has 0 spiro atoms. The predicted octanol–water partition coefficient (Wildman–Crippen LogP) is 1.56. The van der Waals surface area contributed by atoms with E-state index in [1.54, 1.807) is 0 Å². The lowest BCUT2D eigenvalue weighted by Crippen LogP contribution is -2.47. The van der Waals surface area contributed by atoms with Gasteiger partial charge in [0.2, 0.25) is 5.91 Å². The zero-order valence-corrected chi connectivity index (χ0v) is 9.37. The van der Waals surface area contributed by atoms with Gasteiger partial charge in [-0.3, -0.25) is 4.79 Å². The highest BCUT2D eigenvalue weighted by atomic mass is 16.1. The van der Waals surface area contributed by atoms with Gasteiger partial charge >= 0.3 is 0 Å². The molecule has 2 atom stereocenters. The molecule has 2 aliphatic carbocycles. The number of nitrogens with two attached hydrogens (primary N) is 1. The first-order chi connectivity index (χ1) is 7.27. The lowest BCUT2D eigenvalue weighted by molar-refractivity contribution is -0.123. The lowest BCUT2D eigenvalue weighted by atomic mass is 9.83. The molecule has 2 rings (SSSR count). The molecule has 0 heterocycles. The van der Waals surface area contributed by atoms with Crippen LogP contribution < -0.4 is 11.1 Å². The molecular weight excluding hydrogens is 188 g/mol. The van der Waals surface area contributed by atoms with E-state index in [0.29, 0.717) is 12.1 Å². The number of nitrogens with one attached hydrogen (secondary N) is 1. The summed E-state index contributed by atoms with van der Waals surface area (Å²) in [5, 5.41) is 3.65. The van der Waals surface area contributed by atoms with Crippen molar-refractivity contribution in [3.63, 3.8) is 0 Å². The van der Waals surface area contributed by atoms with Gasteiger partial charge in [-0.2, -0.15) is 0 Å². The van der Waals surface area contributed by atoms with Crippen molar-refractivity contribution >= 4 is 5.91 Å². The van der Waals surface area contributed by atoms with E-state index in [1.807, 2.05) is 0 Å². The van der Waals surface area contributed by atoms with Gasteiger partial charge in [-0.05, 0) is 25.7 Å². The minimum Gasteiger partial charge on any atom is -0.369 e. The van der Waals surface area contributed by atoms with E-state index in [4.69, 9.17) is 5.73 Å². The number of hydrogen-bond acceptors (Lipinski definition) is 2. The summed E-state index contributed by atoms with van der Waals surface area (Å²) in [7, 11) is 0. The van der Waals surface area contributed by atoms with Crippen LogP contribution in [0.2, 0.25) is 0 Å². The molecular formula is C12H22N2O. The van der Waals surface area contributed by atoms with Crippen LogP contribution >= 0.6 is 0 Å². The third kappa shape index (κ3) is 2.71. The standard InChI is InChI=1S/C12H22N2O/c13-12(15)10-7-3-4-8-11(10)14-9-5-1-2-6-9/h9-11,14H,1-8H2,(H2,13,15). The number of rotatable bonds is 3. The summed E-state index contributed by atoms with van der Waals surface area (Å²) in [6.07, 6.45) is 9.76. The summed E-state index contributed by atoms with van der Waals surface area (Å²) in [5.74, 6) is -0.0236. The molecule has 2 saturated carbocycles. The van der Waals surface area contributed by atoms with Gasteiger partial charge < -0.3 is 11.1 Å². The number of hydrogen-bond donors (Lipinski definition) is 2. The van der Waals surface area contributed by atoms with Crippen LogP contribution in [0.15, 0.2) is 0 Å². The average Bonchev–Trinajstić information content (AvgIpc) is 2.71. The number of primary amides is 1. The maximum Gasteiger partial charge on any atom is 0.222 e. The van der Waals surface area contributed by atoms with Gasteiger partial charge in [0.1, 0.15) is 0 Å². The Morgan fingerprint density at radius 1 is 1.00 bits per heavy atom. The molecule has 2 aliphatic rings. The number of amides is 1. The molecule has 0 aromatic rings. The monoisotopic (exact) mass is 210 g/mol. The van der Waals surface area contributed by atoms with Crippen molar-refractivity contribution in [1.82, 2.24) is 5.32 Å². The molecule has 15 heavy (non-hydrogen) atoms. The Morgan fingerprint density at radius 3 is 2.27 bits per heavy atom. The third-order valence-electron chi connectivity index (χ3n) is 3.94. The van der Waals surface area contributed by atoms with E-state index in [2.05, 4.69) is 5.32 Å². The van der Waals surface area contributed by atoms with Gasteiger partial charge in [-0.15, -0.1) is 0 Å². The molecule has 3 N–H and O–H groups in total. The topological polar surface area (TPSA) is 55.1 Å². The smallest absolute Gasteiger partial charge is 0.222 e. The highest BCUT2D eigenvalue weighted by Crippen LogP contribution is 2.27. The van der Waals surface area contributed by atoms with Crippen molar-refractivity contribution in [2.24, 2.45) is 11.7 Å². The summed E-state index contributed by atoms with van der Waals surface area (Å²) < 4.78 is 0. The summed E-state index contributed by atoms with van der Waals surface area (Å²) in [6, 6.07) is 1.01. The van der Waals surface area contributed by atoms with Crippen LogP contribution in [0.5, 0.6) is 0 Å². The number of carbonyl (C=O) groups is 1. The first-order valence-electron chi connectivity index (χ1n) is 6.33. The van der Waals surface area contributed by atoms with Crippen molar-refractivity contribution in [2.45, 2.75) is 63.5 Å². The van der Waals surface area contributed by atoms with Crippen molar-refractivity contribution in [1.29, 1.82) is 0 Å². The predicted molar refractivity (Wildman–Crippen MR) is 60.3 cm³/mol. The van der Waals surface area contributed by atoms with E-state index >= 15 is 0 Å². The van der Waals surface area contributed by atoms with Gasteiger partial charge in [-0.1, -0.05) is 25.7 Å². The molecule has 0 aromatic carbocycles. The normalized spacial score (nSPS) is 33.1. The van der Waals surface area contributed by atoms with Crippen LogP contribution in [-0.2, 0) is 4.79 Å². The summed E-state index contributed by atoms with van der Waals surface area (Å²) in [6.45, 7) is 0. The summed E-state index contributed by atoms with van der Waals surface area (Å²) >= 11 is 0. The molecule has 0 bridgehead atoms. The Morgan fingerprint density at radius 2 is 1.60 bits per heavy atom. The summed E-state index contributed by atoms with van der Waals surface area (Å²) in [5.41, 5.74) is 5.45. The van der Waals surface area contributed by atoms with Crippen LogP contribution in [0.25, 0.3) is 0 Å². The van der Waals surface area contributed by atoms with Crippen LogP contribution in [0, 0.1) is 5.92 Å². The molecule has 0 aliphatic heterocycles. The average molecular weight is 210 g/mol. The van der Waals surface area contributed by atoms with Gasteiger partial charge in [0, 0.05) is 12.1 Å². The Kier molecular flexibility index (Phi) is 3.62. The molecule has 2 fully saturated rings. The minimum absolute atomic E-state index is 0.0827. The fourth-order valence-corrected chi connectivity index (χ4v) is 3.07. The van der Waals surface area contributed by atoms with E-state index in [1.165, 1.54) is 32.1 Å². The number of carbonyl (C=O) groups excluding carboxylic acids is 1. The molecule has 3 heteroatoms. The Balaban J connectivity index is 1.89. The zero-order chi connectivity index (χ0) is 10.7. The molecule has 2 unspecified atom stereocenters. The largest absolute Gasteiger partial charge is 0.369 e. The first-order valence-corrected chi connectivity index (χ1v) is 6.33. The second-order valence-electron chi connectivity index (χ2n) is 5.05. The molecule has 1 amide bonds. The van der Waals surface area contributed by atoms with Crippen molar-refractivity contribution in [3.05, 3.63) is 0 Å². The lowest BCUT2D eigenvalue weighted by Gasteiger charge is -2.32. The molecule has 0 saturated heterocycles. The first kappa shape index (κ1) is 10.9. The Labute approximate surface area is 91.8 Å². The highest BCUT2D eigenvalue weighted by Gasteiger charge is 2.31. The Hall–Kier alpha value is -0.570. The maximum absolute atomic E-state index is 11.3. The van der Waals surface area contributed by atoms with Crippen molar-refractivity contribution in [2.75, 3.05) is 0 Å². The second kappa shape index (κ2) is 4.97.